The summed E-state index contributed by atoms with van der Waals surface area (Å²) in [4.78, 5) is 24.2. The standard InChI is InChI=1S/C22H26N2O4/c1-22(2,3)17-10-6-16(7-11-17)21(26)24-23-20(25)13-9-15-8-12-18(27-4)14-19(15)28-5/h6-14H,1-5H3,(H,23,25)(H,24,26)/b13-9+. The summed E-state index contributed by atoms with van der Waals surface area (Å²) in [7, 11) is 3.11. The van der Waals surface area contributed by atoms with Gasteiger partial charge in [0.15, 0.2) is 0 Å². The third kappa shape index (κ3) is 5.61. The van der Waals surface area contributed by atoms with Crippen molar-refractivity contribution in [2.75, 3.05) is 14.2 Å². The Kier molecular flexibility index (Phi) is 6.82. The van der Waals surface area contributed by atoms with Crippen molar-refractivity contribution in [1.82, 2.24) is 10.9 Å². The van der Waals surface area contributed by atoms with Crippen molar-refractivity contribution in [1.29, 1.82) is 0 Å². The normalized spacial score (nSPS) is 11.2. The monoisotopic (exact) mass is 382 g/mol. The number of hydrogen-bond acceptors (Lipinski definition) is 4. The van der Waals surface area contributed by atoms with Gasteiger partial charge in [-0.25, -0.2) is 0 Å². The van der Waals surface area contributed by atoms with Gasteiger partial charge in [-0.2, -0.15) is 0 Å². The molecule has 0 bridgehead atoms. The molecule has 2 amide bonds. The molecule has 0 unspecified atom stereocenters. The average Bonchev–Trinajstić information content (AvgIpc) is 2.69. The van der Waals surface area contributed by atoms with Gasteiger partial charge in [0.1, 0.15) is 11.5 Å². The molecule has 0 aliphatic heterocycles. The maximum atomic E-state index is 12.2. The van der Waals surface area contributed by atoms with E-state index in [0.29, 0.717) is 22.6 Å². The smallest absolute Gasteiger partial charge is 0.269 e. The number of nitrogens with one attached hydrogen (secondary N) is 2. The van der Waals surface area contributed by atoms with Gasteiger partial charge in [0.2, 0.25) is 0 Å². The number of carbonyl (C=O) groups is 2. The van der Waals surface area contributed by atoms with Gasteiger partial charge >= 0.3 is 0 Å². The number of amides is 2. The molecule has 0 fully saturated rings. The van der Waals surface area contributed by atoms with E-state index in [1.807, 2.05) is 12.1 Å². The molecule has 0 aliphatic carbocycles. The van der Waals surface area contributed by atoms with Crippen molar-refractivity contribution in [3.05, 3.63) is 65.2 Å². The first kappa shape index (κ1) is 21.0. The molecular weight excluding hydrogens is 356 g/mol. The highest BCUT2D eigenvalue weighted by Crippen LogP contribution is 2.25. The minimum absolute atomic E-state index is 0.0104. The second-order valence-corrected chi connectivity index (χ2v) is 7.21. The third-order valence-corrected chi connectivity index (χ3v) is 4.17. The number of hydrogen-bond donors (Lipinski definition) is 2. The van der Waals surface area contributed by atoms with Crippen molar-refractivity contribution in [2.24, 2.45) is 0 Å². The zero-order chi connectivity index (χ0) is 20.7. The molecule has 0 saturated heterocycles. The molecule has 148 valence electrons. The fourth-order valence-corrected chi connectivity index (χ4v) is 2.48. The van der Waals surface area contributed by atoms with Gasteiger partial charge in [-0.1, -0.05) is 32.9 Å². The van der Waals surface area contributed by atoms with Crippen LogP contribution >= 0.6 is 0 Å². The van der Waals surface area contributed by atoms with Crippen molar-refractivity contribution in [3.63, 3.8) is 0 Å². The lowest BCUT2D eigenvalue weighted by Gasteiger charge is -2.19. The second-order valence-electron chi connectivity index (χ2n) is 7.21. The highest BCUT2D eigenvalue weighted by Gasteiger charge is 2.14. The van der Waals surface area contributed by atoms with E-state index in [9.17, 15) is 9.59 Å². The Balaban J connectivity index is 1.95. The molecule has 2 aromatic carbocycles. The fraction of sp³-hybridized carbons (Fsp3) is 0.273. The van der Waals surface area contributed by atoms with Crippen molar-refractivity contribution >= 4 is 17.9 Å². The first-order valence-corrected chi connectivity index (χ1v) is 8.85. The second kappa shape index (κ2) is 9.08. The Bertz CT molecular complexity index is 865. The fourth-order valence-electron chi connectivity index (χ4n) is 2.48. The van der Waals surface area contributed by atoms with Gasteiger partial charge in [0.25, 0.3) is 11.8 Å². The Hall–Kier alpha value is -3.28. The summed E-state index contributed by atoms with van der Waals surface area (Å²) in [5, 5.41) is 0. The predicted octanol–water partition coefficient (Wildman–Crippen LogP) is 3.48. The van der Waals surface area contributed by atoms with Crippen molar-refractivity contribution < 1.29 is 19.1 Å². The van der Waals surface area contributed by atoms with E-state index >= 15 is 0 Å². The molecular formula is C22H26N2O4. The number of ether oxygens (including phenoxy) is 2. The quantitative estimate of drug-likeness (QED) is 0.613. The van der Waals surface area contributed by atoms with E-state index in [2.05, 4.69) is 31.6 Å². The molecule has 28 heavy (non-hydrogen) atoms. The molecule has 0 saturated carbocycles. The summed E-state index contributed by atoms with van der Waals surface area (Å²) in [5.41, 5.74) is 7.08. The summed E-state index contributed by atoms with van der Waals surface area (Å²) < 4.78 is 10.4. The molecule has 0 aromatic heterocycles. The van der Waals surface area contributed by atoms with E-state index < -0.39 is 5.91 Å². The van der Waals surface area contributed by atoms with Crippen LogP contribution in [0.4, 0.5) is 0 Å². The van der Waals surface area contributed by atoms with E-state index in [0.717, 1.165) is 5.56 Å². The van der Waals surface area contributed by atoms with Gasteiger partial charge in [-0.15, -0.1) is 0 Å². The summed E-state index contributed by atoms with van der Waals surface area (Å²) in [6.07, 6.45) is 2.91. The lowest BCUT2D eigenvalue weighted by Crippen LogP contribution is -2.40. The summed E-state index contributed by atoms with van der Waals surface area (Å²) in [5.74, 6) is 0.385. The van der Waals surface area contributed by atoms with Crippen LogP contribution in [0.15, 0.2) is 48.5 Å². The molecule has 2 N–H and O–H groups in total. The van der Waals surface area contributed by atoms with Gasteiger partial charge in [0, 0.05) is 23.3 Å². The first-order chi connectivity index (χ1) is 13.2. The maximum Gasteiger partial charge on any atom is 0.269 e. The molecule has 6 heteroatoms. The van der Waals surface area contributed by atoms with Crippen LogP contribution in [0.5, 0.6) is 11.5 Å². The van der Waals surface area contributed by atoms with E-state index in [-0.39, 0.29) is 11.3 Å². The van der Waals surface area contributed by atoms with E-state index in [1.54, 1.807) is 43.5 Å². The van der Waals surface area contributed by atoms with Gasteiger partial charge in [-0.05, 0) is 41.3 Å². The number of methoxy groups -OCH3 is 2. The van der Waals surface area contributed by atoms with Crippen LogP contribution in [0.3, 0.4) is 0 Å². The zero-order valence-electron chi connectivity index (χ0n) is 16.8. The Morgan fingerprint density at radius 2 is 1.61 bits per heavy atom. The average molecular weight is 382 g/mol. The SMILES string of the molecule is COc1ccc(/C=C/C(=O)NNC(=O)c2ccc(C(C)(C)C)cc2)c(OC)c1. The summed E-state index contributed by atoms with van der Waals surface area (Å²) in [6, 6.07) is 12.6. The van der Waals surface area contributed by atoms with E-state index in [1.165, 1.54) is 13.2 Å². The van der Waals surface area contributed by atoms with Crippen molar-refractivity contribution in [3.8, 4) is 11.5 Å². The van der Waals surface area contributed by atoms with Gasteiger partial charge in [-0.3, -0.25) is 20.4 Å². The highest BCUT2D eigenvalue weighted by atomic mass is 16.5. The molecule has 2 aromatic rings. The van der Waals surface area contributed by atoms with Crippen LogP contribution in [0.25, 0.3) is 6.08 Å². The number of rotatable bonds is 5. The van der Waals surface area contributed by atoms with Crippen LogP contribution in [0.1, 0.15) is 42.3 Å². The van der Waals surface area contributed by atoms with Gasteiger partial charge < -0.3 is 9.47 Å². The summed E-state index contributed by atoms with van der Waals surface area (Å²) in [6.45, 7) is 6.31. The Morgan fingerprint density at radius 3 is 2.18 bits per heavy atom. The van der Waals surface area contributed by atoms with E-state index in [4.69, 9.17) is 9.47 Å². The Labute approximate surface area is 165 Å². The molecule has 0 spiro atoms. The van der Waals surface area contributed by atoms with Crippen molar-refractivity contribution in [2.45, 2.75) is 26.2 Å². The largest absolute Gasteiger partial charge is 0.497 e. The lowest BCUT2D eigenvalue weighted by molar-refractivity contribution is -0.117. The molecule has 0 heterocycles. The predicted molar refractivity (Wildman–Crippen MR) is 109 cm³/mol. The van der Waals surface area contributed by atoms with Gasteiger partial charge in [0.05, 0.1) is 14.2 Å². The molecule has 0 aliphatic rings. The number of carbonyl (C=O) groups excluding carboxylic acids is 2. The van der Waals surface area contributed by atoms with Crippen LogP contribution in [-0.2, 0) is 10.2 Å². The maximum absolute atomic E-state index is 12.2. The van der Waals surface area contributed by atoms with Crippen LogP contribution in [0, 0.1) is 0 Å². The minimum Gasteiger partial charge on any atom is -0.497 e. The topological polar surface area (TPSA) is 76.7 Å². The first-order valence-electron chi connectivity index (χ1n) is 8.85. The molecule has 6 nitrogen and oxygen atoms in total. The number of benzene rings is 2. The highest BCUT2D eigenvalue weighted by molar-refractivity contribution is 5.98. The summed E-state index contributed by atoms with van der Waals surface area (Å²) >= 11 is 0. The number of hydrazine groups is 1. The lowest BCUT2D eigenvalue weighted by atomic mass is 9.87. The molecule has 2 rings (SSSR count). The molecule has 0 radical (unpaired) electrons. The minimum atomic E-state index is -0.461. The van der Waals surface area contributed by atoms with Crippen LogP contribution in [0.2, 0.25) is 0 Å². The Morgan fingerprint density at radius 1 is 0.929 bits per heavy atom. The third-order valence-electron chi connectivity index (χ3n) is 4.17. The molecule has 0 atom stereocenters. The zero-order valence-corrected chi connectivity index (χ0v) is 16.8. The van der Waals surface area contributed by atoms with Crippen LogP contribution in [-0.4, -0.2) is 26.0 Å². The van der Waals surface area contributed by atoms with Crippen LogP contribution < -0.4 is 20.3 Å².